The first-order valence-corrected chi connectivity index (χ1v) is 5.89. The van der Waals surface area contributed by atoms with Crippen LogP contribution < -0.4 is 11.1 Å². The second-order valence-electron chi connectivity index (χ2n) is 4.95. The van der Waals surface area contributed by atoms with Gasteiger partial charge in [-0.2, -0.15) is 0 Å². The van der Waals surface area contributed by atoms with Crippen molar-refractivity contribution in [1.29, 1.82) is 0 Å². The molecule has 2 fully saturated rings. The maximum Gasteiger partial charge on any atom is 0.0145 e. The molecular formula is C13H18N2. The number of nitrogens with one attached hydrogen (secondary N) is 1. The topological polar surface area (TPSA) is 38.0 Å². The molecule has 0 aromatic heterocycles. The van der Waals surface area contributed by atoms with E-state index in [1.165, 1.54) is 12.0 Å². The van der Waals surface area contributed by atoms with Crippen molar-refractivity contribution < 1.29 is 0 Å². The van der Waals surface area contributed by atoms with E-state index in [2.05, 4.69) is 35.6 Å². The van der Waals surface area contributed by atoms with Crippen LogP contribution in [0.5, 0.6) is 0 Å². The largest absolute Gasteiger partial charge is 0.328 e. The molecule has 1 aromatic carbocycles. The molecule has 2 atom stereocenters. The van der Waals surface area contributed by atoms with Crippen LogP contribution >= 0.6 is 0 Å². The highest BCUT2D eigenvalue weighted by atomic mass is 15.0. The first-order valence-electron chi connectivity index (χ1n) is 5.89. The van der Waals surface area contributed by atoms with Crippen molar-refractivity contribution in [2.45, 2.75) is 43.3 Å². The van der Waals surface area contributed by atoms with Gasteiger partial charge in [0.15, 0.2) is 0 Å². The summed E-state index contributed by atoms with van der Waals surface area (Å²) in [5.41, 5.74) is 7.26. The van der Waals surface area contributed by atoms with E-state index in [1.54, 1.807) is 0 Å². The summed E-state index contributed by atoms with van der Waals surface area (Å²) < 4.78 is 0. The highest BCUT2D eigenvalue weighted by molar-refractivity contribution is 5.27. The van der Waals surface area contributed by atoms with Crippen molar-refractivity contribution in [2.75, 3.05) is 0 Å². The van der Waals surface area contributed by atoms with Gasteiger partial charge in [-0.25, -0.2) is 0 Å². The quantitative estimate of drug-likeness (QED) is 0.781. The number of hydrogen-bond donors (Lipinski definition) is 2. The molecule has 3 rings (SSSR count). The van der Waals surface area contributed by atoms with E-state index >= 15 is 0 Å². The van der Waals surface area contributed by atoms with Gasteiger partial charge in [0.25, 0.3) is 0 Å². The molecule has 15 heavy (non-hydrogen) atoms. The van der Waals surface area contributed by atoms with Gasteiger partial charge < -0.3 is 11.1 Å². The lowest BCUT2D eigenvalue weighted by Gasteiger charge is -2.33. The van der Waals surface area contributed by atoms with Crippen LogP contribution in [-0.2, 0) is 0 Å². The Morgan fingerprint density at radius 1 is 1.07 bits per heavy atom. The van der Waals surface area contributed by atoms with E-state index in [4.69, 9.17) is 5.73 Å². The minimum atomic E-state index is 0.455. The van der Waals surface area contributed by atoms with Crippen LogP contribution in [0.25, 0.3) is 0 Å². The zero-order chi connectivity index (χ0) is 10.3. The fourth-order valence-electron chi connectivity index (χ4n) is 2.55. The molecule has 3 N–H and O–H groups in total. The van der Waals surface area contributed by atoms with Crippen LogP contribution in [0.2, 0.25) is 0 Å². The van der Waals surface area contributed by atoms with Crippen LogP contribution in [0.1, 0.15) is 30.7 Å². The first kappa shape index (κ1) is 9.37. The average molecular weight is 202 g/mol. The molecule has 80 valence electrons. The normalized spacial score (nSPS) is 38.5. The Bertz CT molecular complexity index is 330. The molecule has 0 bridgehead atoms. The van der Waals surface area contributed by atoms with E-state index in [-0.39, 0.29) is 0 Å². The monoisotopic (exact) mass is 202 g/mol. The Balaban J connectivity index is 1.52. The van der Waals surface area contributed by atoms with Gasteiger partial charge in [-0.15, -0.1) is 0 Å². The highest BCUT2D eigenvalue weighted by Gasteiger charge is 2.41. The standard InChI is InChI=1S/C13H18N2/c14-10-6-11(7-10)15-13-8-12(13)9-4-2-1-3-5-9/h1-5,10-13,15H,6-8,14H2/t10-,11-,12-,13?/m1/s1. The lowest BCUT2D eigenvalue weighted by Crippen LogP contribution is -2.49. The molecule has 1 aromatic rings. The van der Waals surface area contributed by atoms with E-state index < -0.39 is 0 Å². The first-order chi connectivity index (χ1) is 7.33. The molecule has 0 aliphatic heterocycles. The fourth-order valence-corrected chi connectivity index (χ4v) is 2.55. The summed E-state index contributed by atoms with van der Waals surface area (Å²) in [5.74, 6) is 0.753. The number of rotatable bonds is 3. The lowest BCUT2D eigenvalue weighted by atomic mass is 9.87. The van der Waals surface area contributed by atoms with Gasteiger partial charge in [0, 0.05) is 24.0 Å². The minimum Gasteiger partial charge on any atom is -0.328 e. The molecule has 2 aliphatic carbocycles. The average Bonchev–Trinajstić information content (AvgIpc) is 2.96. The van der Waals surface area contributed by atoms with Gasteiger partial charge >= 0.3 is 0 Å². The predicted octanol–water partition coefficient (Wildman–Crippen LogP) is 1.62. The molecule has 2 aliphatic rings. The Hall–Kier alpha value is -0.860. The molecule has 0 spiro atoms. The number of nitrogens with two attached hydrogens (primary N) is 1. The molecular weight excluding hydrogens is 184 g/mol. The third kappa shape index (κ3) is 1.92. The van der Waals surface area contributed by atoms with Crippen LogP contribution in [0.15, 0.2) is 30.3 Å². The van der Waals surface area contributed by atoms with Crippen molar-refractivity contribution >= 4 is 0 Å². The molecule has 2 nitrogen and oxygen atoms in total. The Kier molecular flexibility index (Phi) is 2.26. The van der Waals surface area contributed by atoms with Crippen LogP contribution in [0.3, 0.4) is 0 Å². The van der Waals surface area contributed by atoms with Gasteiger partial charge in [0.1, 0.15) is 0 Å². The highest BCUT2D eigenvalue weighted by Crippen LogP contribution is 2.41. The van der Waals surface area contributed by atoms with Crippen molar-refractivity contribution in [3.8, 4) is 0 Å². The van der Waals surface area contributed by atoms with E-state index in [9.17, 15) is 0 Å². The van der Waals surface area contributed by atoms with Crippen LogP contribution in [0, 0.1) is 0 Å². The molecule has 0 heterocycles. The zero-order valence-electron chi connectivity index (χ0n) is 8.89. The Morgan fingerprint density at radius 3 is 2.47 bits per heavy atom. The summed E-state index contributed by atoms with van der Waals surface area (Å²) in [4.78, 5) is 0. The van der Waals surface area contributed by atoms with E-state index in [0.717, 1.165) is 18.8 Å². The number of benzene rings is 1. The van der Waals surface area contributed by atoms with Crippen LogP contribution in [-0.4, -0.2) is 18.1 Å². The molecule has 0 saturated heterocycles. The predicted molar refractivity (Wildman–Crippen MR) is 61.7 cm³/mol. The summed E-state index contributed by atoms with van der Waals surface area (Å²) in [6.45, 7) is 0. The summed E-state index contributed by atoms with van der Waals surface area (Å²) in [7, 11) is 0. The number of hydrogen-bond acceptors (Lipinski definition) is 2. The zero-order valence-corrected chi connectivity index (χ0v) is 8.89. The second kappa shape index (κ2) is 3.62. The summed E-state index contributed by atoms with van der Waals surface area (Å²) in [6, 6.07) is 12.7. The van der Waals surface area contributed by atoms with E-state index in [1.807, 2.05) is 0 Å². The van der Waals surface area contributed by atoms with Gasteiger partial charge in [0.2, 0.25) is 0 Å². The molecule has 0 radical (unpaired) electrons. The lowest BCUT2D eigenvalue weighted by molar-refractivity contribution is 0.289. The van der Waals surface area contributed by atoms with Gasteiger partial charge in [0.05, 0.1) is 0 Å². The van der Waals surface area contributed by atoms with Gasteiger partial charge in [-0.1, -0.05) is 30.3 Å². The smallest absolute Gasteiger partial charge is 0.0145 e. The molecule has 0 amide bonds. The van der Waals surface area contributed by atoms with Crippen molar-refractivity contribution in [3.05, 3.63) is 35.9 Å². The summed E-state index contributed by atoms with van der Waals surface area (Å²) in [5, 5.41) is 3.69. The van der Waals surface area contributed by atoms with Crippen molar-refractivity contribution in [1.82, 2.24) is 5.32 Å². The van der Waals surface area contributed by atoms with Crippen LogP contribution in [0.4, 0.5) is 0 Å². The molecule has 2 heteroatoms. The van der Waals surface area contributed by atoms with Crippen molar-refractivity contribution in [3.63, 3.8) is 0 Å². The second-order valence-corrected chi connectivity index (χ2v) is 4.95. The molecule has 2 saturated carbocycles. The maximum absolute atomic E-state index is 5.77. The van der Waals surface area contributed by atoms with Gasteiger partial charge in [-0.05, 0) is 24.8 Å². The van der Waals surface area contributed by atoms with Crippen molar-refractivity contribution in [2.24, 2.45) is 5.73 Å². The summed E-state index contributed by atoms with van der Waals surface area (Å²) >= 11 is 0. The third-order valence-corrected chi connectivity index (χ3v) is 3.64. The van der Waals surface area contributed by atoms with E-state index in [0.29, 0.717) is 18.1 Å². The summed E-state index contributed by atoms with van der Waals surface area (Å²) in [6.07, 6.45) is 3.63. The maximum atomic E-state index is 5.77. The SMILES string of the molecule is N[C@H]1C[C@H](NC2C[C@@H]2c2ccccc2)C1. The van der Waals surface area contributed by atoms with Gasteiger partial charge in [-0.3, -0.25) is 0 Å². The molecule has 1 unspecified atom stereocenters. The third-order valence-electron chi connectivity index (χ3n) is 3.64. The fraction of sp³-hybridized carbons (Fsp3) is 0.538. The Labute approximate surface area is 90.9 Å². The Morgan fingerprint density at radius 2 is 1.80 bits per heavy atom. The minimum absolute atomic E-state index is 0.455.